The summed E-state index contributed by atoms with van der Waals surface area (Å²) in [5.41, 5.74) is 0.696. The largest absolute Gasteiger partial charge is 0.462 e. The molecule has 1 aromatic carbocycles. The lowest BCUT2D eigenvalue weighted by atomic mass is 10.2. The maximum Gasteiger partial charge on any atom is 0.462 e. The van der Waals surface area contributed by atoms with Crippen LogP contribution in [0.4, 0.5) is 4.79 Å². The number of furan rings is 1. The fourth-order valence-electron chi connectivity index (χ4n) is 1.84. The van der Waals surface area contributed by atoms with Crippen LogP contribution in [0.2, 0.25) is 0 Å². The van der Waals surface area contributed by atoms with E-state index in [0.29, 0.717) is 16.2 Å². The molecule has 2 amide bonds. The zero-order valence-corrected chi connectivity index (χ0v) is 12.5. The van der Waals surface area contributed by atoms with Gasteiger partial charge in [0.05, 0.1) is 6.26 Å². The molecule has 2 heterocycles. The van der Waals surface area contributed by atoms with Crippen molar-refractivity contribution < 1.29 is 28.1 Å². The van der Waals surface area contributed by atoms with Crippen LogP contribution in [-0.4, -0.2) is 28.4 Å². The molecule has 0 spiro atoms. The Balaban J connectivity index is 1.73. The van der Waals surface area contributed by atoms with Crippen molar-refractivity contribution in [3.8, 4) is 5.75 Å². The van der Waals surface area contributed by atoms with Crippen LogP contribution in [0, 0.1) is 0 Å². The standard InChI is InChI=1S/C16H10NO5S/c1-17-14(18)13(23-16(17)20)9-10-4-6-11(7-5-10)22-15(19)12-3-2-8-21-12/h2-9H,1H2/q+1. The Morgan fingerprint density at radius 1 is 1.22 bits per heavy atom. The molecule has 23 heavy (non-hydrogen) atoms. The van der Waals surface area contributed by atoms with Gasteiger partial charge < -0.3 is 9.15 Å². The molecule has 0 saturated carbocycles. The number of carbonyl (C=O) groups is 3. The molecule has 0 radical (unpaired) electrons. The van der Waals surface area contributed by atoms with E-state index in [4.69, 9.17) is 9.15 Å². The number of hydrogen-bond acceptors (Lipinski definition) is 6. The molecule has 1 saturated heterocycles. The molecule has 1 aliphatic rings. The third-order valence-corrected chi connectivity index (χ3v) is 3.89. The smallest absolute Gasteiger partial charge is 0.457 e. The number of ether oxygens (including phenoxy) is 1. The molecule has 1 fully saturated rings. The Morgan fingerprint density at radius 2 is 1.96 bits per heavy atom. The summed E-state index contributed by atoms with van der Waals surface area (Å²) < 4.78 is 10.9. The van der Waals surface area contributed by atoms with Gasteiger partial charge in [0.15, 0.2) is 0 Å². The second-order valence-corrected chi connectivity index (χ2v) is 5.54. The number of benzene rings is 1. The van der Waals surface area contributed by atoms with Crippen LogP contribution in [0.1, 0.15) is 16.1 Å². The van der Waals surface area contributed by atoms with Crippen molar-refractivity contribution in [2.24, 2.45) is 0 Å². The average molecular weight is 328 g/mol. The minimum atomic E-state index is -0.596. The van der Waals surface area contributed by atoms with Gasteiger partial charge in [-0.2, -0.15) is 0 Å². The summed E-state index contributed by atoms with van der Waals surface area (Å²) in [6.07, 6.45) is 2.96. The summed E-state index contributed by atoms with van der Waals surface area (Å²) in [5.74, 6) is -0.582. The highest BCUT2D eigenvalue weighted by Gasteiger charge is 2.40. The monoisotopic (exact) mass is 328 g/mol. The molecule has 7 heteroatoms. The van der Waals surface area contributed by atoms with E-state index < -0.39 is 17.1 Å². The number of nitrogens with zero attached hydrogens (tertiary/aromatic N) is 1. The number of thioether (sulfide) groups is 1. The fraction of sp³-hybridized carbons (Fsp3) is 0. The Bertz CT molecular complexity index is 834. The van der Waals surface area contributed by atoms with Crippen LogP contribution >= 0.6 is 11.8 Å². The lowest BCUT2D eigenvalue weighted by molar-refractivity contribution is -0.331. The summed E-state index contributed by atoms with van der Waals surface area (Å²) >= 11 is 0.828. The Kier molecular flexibility index (Phi) is 3.94. The van der Waals surface area contributed by atoms with Crippen LogP contribution < -0.4 is 4.74 Å². The summed E-state index contributed by atoms with van der Waals surface area (Å²) in [6, 6.07) is 9.60. The van der Waals surface area contributed by atoms with E-state index in [9.17, 15) is 14.4 Å². The molecular weight excluding hydrogens is 318 g/mol. The quantitative estimate of drug-likeness (QED) is 0.373. The first-order chi connectivity index (χ1) is 11.0. The number of rotatable bonds is 3. The van der Waals surface area contributed by atoms with E-state index in [1.165, 1.54) is 12.3 Å². The molecule has 1 aliphatic heterocycles. The topological polar surface area (TPSA) is 76.6 Å². The van der Waals surface area contributed by atoms with E-state index in [0.717, 1.165) is 16.3 Å². The number of hydrogen-bond donors (Lipinski definition) is 0. The lowest BCUT2D eigenvalue weighted by Gasteiger charge is -2.02. The molecule has 1 aromatic heterocycles. The predicted octanol–water partition coefficient (Wildman–Crippen LogP) is 2.95. The van der Waals surface area contributed by atoms with Crippen molar-refractivity contribution in [1.82, 2.24) is 0 Å². The maximum atomic E-state index is 11.7. The molecule has 6 nitrogen and oxygen atoms in total. The molecule has 0 N–H and O–H groups in total. The van der Waals surface area contributed by atoms with Crippen LogP contribution in [0.25, 0.3) is 6.08 Å². The fourth-order valence-corrected chi connectivity index (χ4v) is 2.61. The summed E-state index contributed by atoms with van der Waals surface area (Å²) in [4.78, 5) is 35.1. The first-order valence-corrected chi connectivity index (χ1v) is 7.30. The highest BCUT2D eigenvalue weighted by atomic mass is 32.2. The van der Waals surface area contributed by atoms with Crippen molar-refractivity contribution in [3.63, 3.8) is 0 Å². The van der Waals surface area contributed by atoms with Crippen molar-refractivity contribution in [2.75, 3.05) is 0 Å². The van der Waals surface area contributed by atoms with Gasteiger partial charge in [0, 0.05) is 11.8 Å². The SMILES string of the molecule is C=[N+]1C(=O)SC(=Cc2ccc(OC(=O)c3ccco3)cc2)C1=O. The van der Waals surface area contributed by atoms with E-state index in [2.05, 4.69) is 6.72 Å². The molecule has 0 unspecified atom stereocenters. The van der Waals surface area contributed by atoms with Gasteiger partial charge in [-0.15, -0.1) is 0 Å². The zero-order valence-electron chi connectivity index (χ0n) is 11.7. The minimum absolute atomic E-state index is 0.109. The Labute approximate surface area is 135 Å². The Hall–Kier alpha value is -2.93. The van der Waals surface area contributed by atoms with E-state index in [1.54, 1.807) is 36.4 Å². The molecular formula is C16H10NO5S+. The van der Waals surface area contributed by atoms with E-state index >= 15 is 0 Å². The Morgan fingerprint density at radius 3 is 2.52 bits per heavy atom. The van der Waals surface area contributed by atoms with Crippen molar-refractivity contribution in [3.05, 3.63) is 58.9 Å². The second-order valence-electron chi connectivity index (χ2n) is 4.55. The summed E-state index contributed by atoms with van der Waals surface area (Å²) in [6.45, 7) is 3.37. The van der Waals surface area contributed by atoms with E-state index in [1.807, 2.05) is 0 Å². The number of esters is 1. The highest BCUT2D eigenvalue weighted by Crippen LogP contribution is 2.29. The van der Waals surface area contributed by atoms with Gasteiger partial charge in [-0.05, 0) is 35.9 Å². The maximum absolute atomic E-state index is 11.7. The van der Waals surface area contributed by atoms with Crippen molar-refractivity contribution in [2.45, 2.75) is 0 Å². The summed E-state index contributed by atoms with van der Waals surface area (Å²) in [5, 5.41) is -0.412. The number of amides is 2. The number of carbonyl (C=O) groups excluding carboxylic acids is 3. The van der Waals surface area contributed by atoms with Gasteiger partial charge >= 0.3 is 17.1 Å². The normalized spacial score (nSPS) is 16.2. The van der Waals surface area contributed by atoms with E-state index in [-0.39, 0.29) is 5.76 Å². The highest BCUT2D eigenvalue weighted by molar-refractivity contribution is 8.17. The predicted molar refractivity (Wildman–Crippen MR) is 83.5 cm³/mol. The summed E-state index contributed by atoms with van der Waals surface area (Å²) in [7, 11) is 0. The first kappa shape index (κ1) is 15.0. The third kappa shape index (κ3) is 3.14. The second kappa shape index (κ2) is 6.05. The van der Waals surface area contributed by atoms with Gasteiger partial charge in [0.1, 0.15) is 17.4 Å². The van der Waals surface area contributed by atoms with Gasteiger partial charge in [0.25, 0.3) is 0 Å². The number of imide groups is 1. The zero-order chi connectivity index (χ0) is 16.4. The van der Waals surface area contributed by atoms with Crippen LogP contribution in [0.5, 0.6) is 5.75 Å². The minimum Gasteiger partial charge on any atom is -0.457 e. The average Bonchev–Trinajstić information content (AvgIpc) is 3.15. The van der Waals surface area contributed by atoms with Gasteiger partial charge in [-0.25, -0.2) is 14.4 Å². The lowest BCUT2D eigenvalue weighted by Crippen LogP contribution is -2.13. The van der Waals surface area contributed by atoms with Crippen LogP contribution in [0.3, 0.4) is 0 Å². The van der Waals surface area contributed by atoms with Crippen molar-refractivity contribution in [1.29, 1.82) is 0 Å². The van der Waals surface area contributed by atoms with Crippen molar-refractivity contribution >= 4 is 41.7 Å². The molecule has 0 aliphatic carbocycles. The van der Waals surface area contributed by atoms with Gasteiger partial charge in [-0.1, -0.05) is 16.7 Å². The van der Waals surface area contributed by atoms with Gasteiger partial charge in [0.2, 0.25) is 5.76 Å². The van der Waals surface area contributed by atoms with Gasteiger partial charge in [-0.3, -0.25) is 0 Å². The molecule has 3 rings (SSSR count). The molecule has 0 bridgehead atoms. The molecule has 0 atom stereocenters. The molecule has 114 valence electrons. The molecule has 2 aromatic rings. The van der Waals surface area contributed by atoms with Crippen LogP contribution in [-0.2, 0) is 4.79 Å². The first-order valence-electron chi connectivity index (χ1n) is 6.49. The van der Waals surface area contributed by atoms with Crippen LogP contribution in [0.15, 0.2) is 52.0 Å². The third-order valence-electron chi connectivity index (χ3n) is 2.98.